The van der Waals surface area contributed by atoms with Crippen LogP contribution in [0.3, 0.4) is 0 Å². The molecule has 1 fully saturated rings. The van der Waals surface area contributed by atoms with Crippen molar-refractivity contribution in [1.29, 1.82) is 0 Å². The molecule has 0 radical (unpaired) electrons. The maximum atomic E-state index is 5.41. The molecule has 0 atom stereocenters. The Morgan fingerprint density at radius 1 is 1.12 bits per heavy atom. The van der Waals surface area contributed by atoms with Crippen molar-refractivity contribution in [3.63, 3.8) is 0 Å². The number of rotatable bonds is 13. The summed E-state index contributed by atoms with van der Waals surface area (Å²) in [5, 5.41) is 3.41. The van der Waals surface area contributed by atoms with E-state index in [1.165, 1.54) is 0 Å². The predicted octanol–water partition coefficient (Wildman–Crippen LogP) is 1.27. The Kier molecular flexibility index (Phi) is 11.0. The maximum absolute atomic E-state index is 5.41. The lowest BCUT2D eigenvalue weighted by molar-refractivity contribution is 0.0290. The number of hydrogen-bond donors (Lipinski definition) is 1. The molecule has 8 heteroatoms. The molecule has 0 unspecified atom stereocenters. The molecular weight excluding hydrogens is 338 g/mol. The topological polar surface area (TPSA) is 64.6 Å². The molecule has 0 aliphatic carbocycles. The van der Waals surface area contributed by atoms with Gasteiger partial charge in [0.2, 0.25) is 0 Å². The van der Waals surface area contributed by atoms with E-state index in [0.717, 1.165) is 64.9 Å². The predicted molar refractivity (Wildman–Crippen MR) is 103 cm³/mol. The molecule has 0 bridgehead atoms. The minimum Gasteiger partial charge on any atom is -0.379 e. The van der Waals surface area contributed by atoms with E-state index < -0.39 is 8.80 Å². The molecule has 7 nitrogen and oxygen atoms in total. The van der Waals surface area contributed by atoms with Gasteiger partial charge in [0.05, 0.1) is 19.8 Å². The van der Waals surface area contributed by atoms with Gasteiger partial charge in [-0.25, -0.2) is 0 Å². The lowest BCUT2D eigenvalue weighted by Crippen LogP contribution is -2.43. The Morgan fingerprint density at radius 3 is 2.36 bits per heavy atom. The Bertz CT molecular complexity index is 365. The number of morpholine rings is 1. The van der Waals surface area contributed by atoms with Crippen molar-refractivity contribution in [1.82, 2.24) is 10.2 Å². The van der Waals surface area contributed by atoms with E-state index >= 15 is 0 Å². The highest BCUT2D eigenvalue weighted by Crippen LogP contribution is 2.15. The van der Waals surface area contributed by atoms with Crippen LogP contribution in [0.25, 0.3) is 0 Å². The fraction of sp³-hybridized carbons (Fsp3) is 0.941. The summed E-state index contributed by atoms with van der Waals surface area (Å²) in [4.78, 5) is 7.04. The van der Waals surface area contributed by atoms with Crippen LogP contribution in [0.1, 0.15) is 20.3 Å². The van der Waals surface area contributed by atoms with Gasteiger partial charge in [-0.1, -0.05) is 13.8 Å². The molecule has 1 saturated heterocycles. The summed E-state index contributed by atoms with van der Waals surface area (Å²) in [5.41, 5.74) is 0.0952. The third-order valence-corrected chi connectivity index (χ3v) is 7.19. The van der Waals surface area contributed by atoms with E-state index in [1.807, 2.05) is 0 Å². The summed E-state index contributed by atoms with van der Waals surface area (Å²) in [6.07, 6.45) is 3.07. The van der Waals surface area contributed by atoms with Gasteiger partial charge >= 0.3 is 8.80 Å². The molecule has 148 valence electrons. The first-order valence-electron chi connectivity index (χ1n) is 9.14. The molecule has 1 rings (SSSR count). The van der Waals surface area contributed by atoms with Crippen LogP contribution < -0.4 is 5.32 Å². The lowest BCUT2D eigenvalue weighted by Gasteiger charge is -2.32. The van der Waals surface area contributed by atoms with Gasteiger partial charge in [-0.2, -0.15) is 0 Å². The van der Waals surface area contributed by atoms with Crippen LogP contribution in [-0.2, 0) is 18.0 Å². The van der Waals surface area contributed by atoms with Crippen LogP contribution in [-0.4, -0.2) is 93.7 Å². The average Bonchev–Trinajstić information content (AvgIpc) is 2.61. The molecule has 0 aromatic carbocycles. The van der Waals surface area contributed by atoms with E-state index in [4.69, 9.17) is 18.0 Å². The average molecular weight is 376 g/mol. The summed E-state index contributed by atoms with van der Waals surface area (Å²) in [5.74, 6) is 0. The fourth-order valence-electron chi connectivity index (χ4n) is 2.94. The first-order valence-corrected chi connectivity index (χ1v) is 11.1. The Morgan fingerprint density at radius 2 is 1.76 bits per heavy atom. The van der Waals surface area contributed by atoms with Crippen LogP contribution in [0.2, 0.25) is 6.04 Å². The molecule has 0 aromatic rings. The number of ether oxygens (including phenoxy) is 1. The lowest BCUT2D eigenvalue weighted by atomic mass is 9.94. The highest BCUT2D eigenvalue weighted by Gasteiger charge is 2.36. The van der Waals surface area contributed by atoms with Crippen LogP contribution in [0.15, 0.2) is 4.99 Å². The molecule has 0 aromatic heterocycles. The van der Waals surface area contributed by atoms with E-state index in [2.05, 4.69) is 35.3 Å². The second-order valence-corrected chi connectivity index (χ2v) is 10.2. The summed E-state index contributed by atoms with van der Waals surface area (Å²) < 4.78 is 21.6. The fourth-order valence-corrected chi connectivity index (χ4v) is 4.66. The normalized spacial score (nSPS) is 17.5. The summed E-state index contributed by atoms with van der Waals surface area (Å²) in [7, 11) is 2.54. The van der Waals surface area contributed by atoms with E-state index in [0.29, 0.717) is 0 Å². The van der Waals surface area contributed by atoms with Gasteiger partial charge in [0.1, 0.15) is 0 Å². The molecule has 1 aliphatic heterocycles. The van der Waals surface area contributed by atoms with Gasteiger partial charge in [0, 0.05) is 65.2 Å². The van der Waals surface area contributed by atoms with Crippen molar-refractivity contribution in [2.75, 3.05) is 73.8 Å². The summed E-state index contributed by atoms with van der Waals surface area (Å²) in [6, 6.07) is 0.819. The Balaban J connectivity index is 2.12. The zero-order chi connectivity index (χ0) is 18.6. The van der Waals surface area contributed by atoms with Crippen molar-refractivity contribution in [3.05, 3.63) is 0 Å². The molecule has 1 aliphatic rings. The monoisotopic (exact) mass is 375 g/mol. The third-order valence-electron chi connectivity index (χ3n) is 4.36. The zero-order valence-electron chi connectivity index (χ0n) is 16.7. The number of nitrogens with zero attached hydrogens (tertiary/aromatic N) is 2. The zero-order valence-corrected chi connectivity index (χ0v) is 17.7. The molecule has 25 heavy (non-hydrogen) atoms. The van der Waals surface area contributed by atoms with Gasteiger partial charge in [0.25, 0.3) is 0 Å². The van der Waals surface area contributed by atoms with Crippen molar-refractivity contribution < 1.29 is 18.0 Å². The minimum atomic E-state index is -2.42. The number of aliphatic imine (C=N–C) groups is 1. The van der Waals surface area contributed by atoms with Gasteiger partial charge in [-0.15, -0.1) is 0 Å². The number of hydrogen-bond acceptors (Lipinski definition) is 7. The molecule has 1 heterocycles. The third kappa shape index (κ3) is 9.23. The van der Waals surface area contributed by atoms with Crippen molar-refractivity contribution in [2.45, 2.75) is 26.3 Å². The Hall–Kier alpha value is -0.353. The van der Waals surface area contributed by atoms with Crippen LogP contribution in [0, 0.1) is 5.41 Å². The number of nitrogens with one attached hydrogen (secondary N) is 1. The van der Waals surface area contributed by atoms with Crippen molar-refractivity contribution >= 4 is 15.0 Å². The molecule has 1 N–H and O–H groups in total. The molecular formula is C17H37N3O4Si. The van der Waals surface area contributed by atoms with E-state index in [-0.39, 0.29) is 5.41 Å². The van der Waals surface area contributed by atoms with Crippen LogP contribution >= 0.6 is 0 Å². The van der Waals surface area contributed by atoms with E-state index in [9.17, 15) is 0 Å². The second kappa shape index (κ2) is 12.1. The van der Waals surface area contributed by atoms with Crippen molar-refractivity contribution in [3.8, 4) is 0 Å². The van der Waals surface area contributed by atoms with Gasteiger partial charge in [0.15, 0.2) is 0 Å². The molecule has 0 saturated carbocycles. The van der Waals surface area contributed by atoms with Gasteiger partial charge in [-0.3, -0.25) is 9.89 Å². The second-order valence-electron chi connectivity index (χ2n) is 7.06. The minimum absolute atomic E-state index is 0.0952. The standard InChI is InChI=1S/C17H37N3O4Si/c1-17(2,16-20-10-12-24-13-11-20)15-19-9-8-18-7-6-14-25(21-3,22-4)23-5/h15,18H,6-14,16H2,1-5H3. The molecule has 0 amide bonds. The first kappa shape index (κ1) is 22.7. The Labute approximate surface area is 154 Å². The summed E-state index contributed by atoms with van der Waals surface area (Å²) in [6.45, 7) is 11.8. The highest BCUT2D eigenvalue weighted by molar-refractivity contribution is 6.60. The highest BCUT2D eigenvalue weighted by atomic mass is 28.4. The first-order chi connectivity index (χ1) is 12.0. The van der Waals surface area contributed by atoms with Crippen molar-refractivity contribution in [2.24, 2.45) is 10.4 Å². The van der Waals surface area contributed by atoms with Crippen LogP contribution in [0.4, 0.5) is 0 Å². The van der Waals surface area contributed by atoms with Gasteiger partial charge in [-0.05, 0) is 13.0 Å². The summed E-state index contributed by atoms with van der Waals surface area (Å²) >= 11 is 0. The van der Waals surface area contributed by atoms with E-state index in [1.54, 1.807) is 21.3 Å². The largest absolute Gasteiger partial charge is 0.500 e. The molecule has 0 spiro atoms. The van der Waals surface area contributed by atoms with Crippen LogP contribution in [0.5, 0.6) is 0 Å². The maximum Gasteiger partial charge on any atom is 0.500 e. The quantitative estimate of drug-likeness (QED) is 0.297. The smallest absolute Gasteiger partial charge is 0.379 e. The van der Waals surface area contributed by atoms with Gasteiger partial charge < -0.3 is 23.3 Å². The SMILES string of the molecule is CO[Si](CCCNCCN=CC(C)(C)CN1CCOCC1)(OC)OC.